The van der Waals surface area contributed by atoms with E-state index in [0.29, 0.717) is 0 Å². The highest BCUT2D eigenvalue weighted by Crippen LogP contribution is 2.27. The Morgan fingerprint density at radius 2 is 1.50 bits per heavy atom. The van der Waals surface area contributed by atoms with Gasteiger partial charge >= 0.3 is 6.18 Å². The molecule has 0 bridgehead atoms. The fourth-order valence-corrected chi connectivity index (χ4v) is 1.05. The average molecular weight is 214 g/mol. The summed E-state index contributed by atoms with van der Waals surface area (Å²) in [5, 5.41) is 18.7. The summed E-state index contributed by atoms with van der Waals surface area (Å²) in [5.74, 6) is 0. The van der Waals surface area contributed by atoms with Crippen LogP contribution in [0, 0.1) is 5.41 Å². The largest absolute Gasteiger partial charge is 0.390 e. The molecule has 0 saturated heterocycles. The first-order chi connectivity index (χ1) is 6.04. The summed E-state index contributed by atoms with van der Waals surface area (Å²) in [5.41, 5.74) is -0.606. The first kappa shape index (κ1) is 13.7. The molecule has 0 aromatic heterocycles. The van der Waals surface area contributed by atoms with Crippen LogP contribution in [0.25, 0.3) is 0 Å². The number of hydrogen-bond donors (Lipinski definition) is 2. The summed E-state index contributed by atoms with van der Waals surface area (Å²) in [6.07, 6.45) is -8.26. The van der Waals surface area contributed by atoms with Crippen LogP contribution in [0.15, 0.2) is 0 Å². The third-order valence-corrected chi connectivity index (χ3v) is 1.98. The average Bonchev–Trinajstić information content (AvgIpc) is 1.95. The Hall–Kier alpha value is -0.290. The third-order valence-electron chi connectivity index (χ3n) is 1.98. The summed E-state index contributed by atoms with van der Waals surface area (Å²) >= 11 is 0. The van der Waals surface area contributed by atoms with Crippen molar-refractivity contribution >= 4 is 0 Å². The summed E-state index contributed by atoms with van der Waals surface area (Å²) in [6.45, 7) is 4.98. The molecule has 5 heteroatoms. The number of halogens is 3. The van der Waals surface area contributed by atoms with Gasteiger partial charge in [0.05, 0.1) is 12.2 Å². The van der Waals surface area contributed by atoms with Crippen LogP contribution >= 0.6 is 0 Å². The molecule has 0 rings (SSSR count). The van der Waals surface area contributed by atoms with Gasteiger partial charge in [-0.05, 0) is 11.8 Å². The second kappa shape index (κ2) is 4.49. The maximum Gasteiger partial charge on any atom is 0.389 e. The van der Waals surface area contributed by atoms with Crippen LogP contribution < -0.4 is 0 Å². The molecule has 0 radical (unpaired) electrons. The molecular formula is C9H17F3O2. The number of alkyl halides is 3. The number of hydrogen-bond acceptors (Lipinski definition) is 2. The van der Waals surface area contributed by atoms with Gasteiger partial charge in [-0.2, -0.15) is 13.2 Å². The fourth-order valence-electron chi connectivity index (χ4n) is 1.05. The van der Waals surface area contributed by atoms with Crippen molar-refractivity contribution in [1.29, 1.82) is 0 Å². The Kier molecular flexibility index (Phi) is 4.39. The van der Waals surface area contributed by atoms with Gasteiger partial charge in [-0.3, -0.25) is 0 Å². The van der Waals surface area contributed by atoms with E-state index in [1.165, 1.54) is 0 Å². The Labute approximate surface area is 81.7 Å². The van der Waals surface area contributed by atoms with Crippen LogP contribution in [-0.4, -0.2) is 28.6 Å². The van der Waals surface area contributed by atoms with Crippen LogP contribution in [-0.2, 0) is 0 Å². The van der Waals surface area contributed by atoms with Crippen LogP contribution in [0.2, 0.25) is 0 Å². The smallest absolute Gasteiger partial charge is 0.389 e. The molecule has 2 atom stereocenters. The van der Waals surface area contributed by atoms with Crippen molar-refractivity contribution in [2.75, 3.05) is 0 Å². The van der Waals surface area contributed by atoms with Gasteiger partial charge in [0.25, 0.3) is 0 Å². The standard InChI is InChI=1S/C9H17F3O2/c1-8(2,3)7(14)6(13)4-5-9(10,11)12/h6-7,13-14H,4-5H2,1-3H3. The molecule has 0 heterocycles. The molecule has 0 amide bonds. The molecule has 14 heavy (non-hydrogen) atoms. The van der Waals surface area contributed by atoms with E-state index in [0.717, 1.165) is 0 Å². The maximum atomic E-state index is 11.8. The van der Waals surface area contributed by atoms with Crippen molar-refractivity contribution in [3.05, 3.63) is 0 Å². The topological polar surface area (TPSA) is 40.5 Å². The molecule has 0 aromatic rings. The second-order valence-electron chi connectivity index (χ2n) is 4.53. The Morgan fingerprint density at radius 1 is 1.07 bits per heavy atom. The predicted octanol–water partition coefficient (Wildman–Crippen LogP) is 2.10. The van der Waals surface area contributed by atoms with Crippen molar-refractivity contribution in [1.82, 2.24) is 0 Å². The number of aliphatic hydroxyl groups excluding tert-OH is 2. The molecular weight excluding hydrogens is 197 g/mol. The van der Waals surface area contributed by atoms with Gasteiger partial charge in [0.15, 0.2) is 0 Å². The molecule has 2 N–H and O–H groups in total. The lowest BCUT2D eigenvalue weighted by Crippen LogP contribution is -2.38. The van der Waals surface area contributed by atoms with E-state index in [-0.39, 0.29) is 0 Å². The summed E-state index contributed by atoms with van der Waals surface area (Å²) in [4.78, 5) is 0. The Balaban J connectivity index is 4.03. The highest BCUT2D eigenvalue weighted by Gasteiger charge is 2.33. The van der Waals surface area contributed by atoms with Crippen molar-refractivity contribution in [3.63, 3.8) is 0 Å². The molecule has 2 nitrogen and oxygen atoms in total. The van der Waals surface area contributed by atoms with Gasteiger partial charge in [-0.15, -0.1) is 0 Å². The maximum absolute atomic E-state index is 11.8. The summed E-state index contributed by atoms with van der Waals surface area (Å²) in [7, 11) is 0. The van der Waals surface area contributed by atoms with E-state index < -0.39 is 36.6 Å². The van der Waals surface area contributed by atoms with Crippen molar-refractivity contribution in [2.24, 2.45) is 5.41 Å². The van der Waals surface area contributed by atoms with Gasteiger partial charge in [-0.25, -0.2) is 0 Å². The van der Waals surface area contributed by atoms with Gasteiger partial charge in [0, 0.05) is 6.42 Å². The van der Waals surface area contributed by atoms with E-state index in [2.05, 4.69) is 0 Å². The van der Waals surface area contributed by atoms with Crippen LogP contribution in [0.4, 0.5) is 13.2 Å². The highest BCUT2D eigenvalue weighted by molar-refractivity contribution is 4.79. The monoisotopic (exact) mass is 214 g/mol. The zero-order valence-electron chi connectivity index (χ0n) is 8.60. The highest BCUT2D eigenvalue weighted by atomic mass is 19.4. The second-order valence-corrected chi connectivity index (χ2v) is 4.53. The number of rotatable bonds is 3. The van der Waals surface area contributed by atoms with Gasteiger partial charge in [0.2, 0.25) is 0 Å². The minimum Gasteiger partial charge on any atom is -0.390 e. The zero-order chi connectivity index (χ0) is 11.6. The van der Waals surface area contributed by atoms with Crippen molar-refractivity contribution < 1.29 is 23.4 Å². The third kappa shape index (κ3) is 5.44. The van der Waals surface area contributed by atoms with Crippen molar-refractivity contribution in [3.8, 4) is 0 Å². The minimum atomic E-state index is -4.28. The first-order valence-electron chi connectivity index (χ1n) is 4.47. The van der Waals surface area contributed by atoms with E-state index in [1.54, 1.807) is 20.8 Å². The molecule has 0 aliphatic carbocycles. The van der Waals surface area contributed by atoms with E-state index in [1.807, 2.05) is 0 Å². The van der Waals surface area contributed by atoms with Crippen LogP contribution in [0.3, 0.4) is 0 Å². The SMILES string of the molecule is CC(C)(C)C(O)C(O)CCC(F)(F)F. The fraction of sp³-hybridized carbons (Fsp3) is 1.00. The molecule has 2 unspecified atom stereocenters. The number of aliphatic hydroxyl groups is 2. The molecule has 86 valence electrons. The van der Waals surface area contributed by atoms with Crippen LogP contribution in [0.5, 0.6) is 0 Å². The lowest BCUT2D eigenvalue weighted by atomic mass is 9.84. The van der Waals surface area contributed by atoms with E-state index in [4.69, 9.17) is 0 Å². The van der Waals surface area contributed by atoms with Crippen LogP contribution in [0.1, 0.15) is 33.6 Å². The normalized spacial score (nSPS) is 18.0. The quantitative estimate of drug-likeness (QED) is 0.755. The zero-order valence-corrected chi connectivity index (χ0v) is 8.60. The molecule has 0 spiro atoms. The minimum absolute atomic E-state index is 0.456. The molecule has 0 aromatic carbocycles. The van der Waals surface area contributed by atoms with Gasteiger partial charge < -0.3 is 10.2 Å². The molecule has 0 saturated carbocycles. The Bertz CT molecular complexity index is 172. The van der Waals surface area contributed by atoms with E-state index >= 15 is 0 Å². The van der Waals surface area contributed by atoms with Crippen molar-refractivity contribution in [2.45, 2.75) is 52.0 Å². The summed E-state index contributed by atoms with van der Waals surface area (Å²) < 4.78 is 35.3. The summed E-state index contributed by atoms with van der Waals surface area (Å²) in [6, 6.07) is 0. The Morgan fingerprint density at radius 3 is 1.79 bits per heavy atom. The lowest BCUT2D eigenvalue weighted by Gasteiger charge is -2.30. The van der Waals surface area contributed by atoms with E-state index in [9.17, 15) is 23.4 Å². The van der Waals surface area contributed by atoms with Gasteiger partial charge in [-0.1, -0.05) is 20.8 Å². The first-order valence-corrected chi connectivity index (χ1v) is 4.47. The lowest BCUT2D eigenvalue weighted by molar-refractivity contribution is -0.146. The van der Waals surface area contributed by atoms with Gasteiger partial charge in [0.1, 0.15) is 0 Å². The molecule has 0 aliphatic heterocycles. The predicted molar refractivity (Wildman–Crippen MR) is 46.8 cm³/mol. The molecule has 0 fully saturated rings. The molecule has 0 aliphatic rings.